The van der Waals surface area contributed by atoms with Gasteiger partial charge in [0.2, 0.25) is 0 Å². The second-order valence-electron chi connectivity index (χ2n) is 3.45. The van der Waals surface area contributed by atoms with Crippen LogP contribution >= 0.6 is 11.8 Å². The van der Waals surface area contributed by atoms with Gasteiger partial charge in [-0.1, -0.05) is 6.58 Å². The first-order valence-corrected chi connectivity index (χ1v) is 5.84. The first-order chi connectivity index (χ1) is 8.22. The van der Waals surface area contributed by atoms with Crippen molar-refractivity contribution in [1.29, 1.82) is 10.8 Å². The Morgan fingerprint density at radius 3 is 2.82 bits per heavy atom. The highest BCUT2D eigenvalue weighted by Gasteiger charge is 2.36. The summed E-state index contributed by atoms with van der Waals surface area (Å²) in [6.45, 7) is 3.78. The summed E-state index contributed by atoms with van der Waals surface area (Å²) >= 11 is 1.53. The molecule has 0 aromatic rings. The fraction of sp³-hybridized carbons (Fsp3) is 0.556. The van der Waals surface area contributed by atoms with Crippen molar-refractivity contribution >= 4 is 24.4 Å². The van der Waals surface area contributed by atoms with Crippen molar-refractivity contribution in [2.24, 2.45) is 9.98 Å². The maximum atomic E-state index is 9.66. The Morgan fingerprint density at radius 2 is 2.29 bits per heavy atom. The molecule has 92 valence electrons. The molecule has 0 aromatic heterocycles. The second-order valence-corrected chi connectivity index (χ2v) is 4.87. The molecule has 0 radical (unpaired) electrons. The quantitative estimate of drug-likeness (QED) is 0.673. The topological polar surface area (TPSA) is 116 Å². The zero-order chi connectivity index (χ0) is 12.8. The van der Waals surface area contributed by atoms with E-state index in [2.05, 4.69) is 16.6 Å². The molecule has 0 aromatic carbocycles. The minimum atomic E-state index is -0.475. The summed E-state index contributed by atoms with van der Waals surface area (Å²) in [5.74, 6) is 0.619. The lowest BCUT2D eigenvalue weighted by Crippen LogP contribution is -2.30. The Kier molecular flexibility index (Phi) is 5.09. The third kappa shape index (κ3) is 3.03. The molecule has 0 amide bonds. The predicted molar refractivity (Wildman–Crippen MR) is 64.3 cm³/mol. The van der Waals surface area contributed by atoms with Crippen LogP contribution in [-0.2, 0) is 0 Å². The number of thioether (sulfide) groups is 1. The lowest BCUT2D eigenvalue weighted by Gasteiger charge is -2.26. The van der Waals surface area contributed by atoms with Crippen LogP contribution in [0.2, 0.25) is 0 Å². The van der Waals surface area contributed by atoms with Crippen LogP contribution in [-0.4, -0.2) is 51.1 Å². The van der Waals surface area contributed by atoms with E-state index in [1.54, 1.807) is 6.34 Å². The third-order valence-corrected chi connectivity index (χ3v) is 4.00. The number of nitrogens with zero attached hydrogens (tertiary/aromatic N) is 5. The summed E-state index contributed by atoms with van der Waals surface area (Å²) in [4.78, 5) is 9.73. The van der Waals surface area contributed by atoms with E-state index in [1.807, 2.05) is 4.90 Å². The van der Waals surface area contributed by atoms with Crippen LogP contribution in [0.5, 0.6) is 0 Å². The van der Waals surface area contributed by atoms with E-state index in [1.165, 1.54) is 18.1 Å². The van der Waals surface area contributed by atoms with Crippen molar-refractivity contribution < 1.29 is 10.2 Å². The van der Waals surface area contributed by atoms with Crippen molar-refractivity contribution in [3.05, 3.63) is 12.4 Å². The molecule has 0 saturated carbocycles. The average molecular weight is 255 g/mol. The molecule has 2 rings (SSSR count). The third-order valence-electron chi connectivity index (χ3n) is 2.46. The van der Waals surface area contributed by atoms with Gasteiger partial charge in [0.1, 0.15) is 12.2 Å². The highest BCUT2D eigenvalue weighted by Crippen LogP contribution is 2.37. The molecule has 2 aliphatic heterocycles. The summed E-state index contributed by atoms with van der Waals surface area (Å²) in [6.07, 6.45) is 3.21. The lowest BCUT2D eigenvalue weighted by molar-refractivity contribution is 0.136. The molecular weight excluding hydrogens is 242 g/mol. The number of aliphatic imine (C=N–C) groups is 2. The van der Waals surface area contributed by atoms with Crippen molar-refractivity contribution in [3.8, 4) is 0 Å². The first-order valence-electron chi connectivity index (χ1n) is 4.90. The largest absolute Gasteiger partial charge is 0.395 e. The smallest absolute Gasteiger partial charge is 0.129 e. The number of rotatable bonds is 2. The molecular formula is C9H13N5O2S. The van der Waals surface area contributed by atoms with Crippen LogP contribution in [0.1, 0.15) is 6.42 Å². The highest BCUT2D eigenvalue weighted by atomic mass is 32.2. The van der Waals surface area contributed by atoms with Gasteiger partial charge in [-0.3, -0.25) is 0 Å². The van der Waals surface area contributed by atoms with Gasteiger partial charge in [-0.25, -0.2) is 9.98 Å². The maximum absolute atomic E-state index is 9.66. The number of aliphatic hydroxyl groups excluding tert-OH is 2. The van der Waals surface area contributed by atoms with Gasteiger partial charge in [-0.05, 0) is 0 Å². The van der Waals surface area contributed by atoms with Gasteiger partial charge in [0.25, 0.3) is 0 Å². The Hall–Kier alpha value is -1.43. The Morgan fingerprint density at radius 1 is 1.59 bits per heavy atom. The maximum Gasteiger partial charge on any atom is 0.129 e. The summed E-state index contributed by atoms with van der Waals surface area (Å²) in [7, 11) is 0. The van der Waals surface area contributed by atoms with E-state index < -0.39 is 6.10 Å². The molecule has 2 N–H and O–H groups in total. The Balaban J connectivity index is 0.000000686. The fourth-order valence-electron chi connectivity index (χ4n) is 1.63. The fourth-order valence-corrected chi connectivity index (χ4v) is 3.02. The molecule has 7 nitrogen and oxygen atoms in total. The molecule has 1 unspecified atom stereocenters. The van der Waals surface area contributed by atoms with Gasteiger partial charge in [0.15, 0.2) is 0 Å². The molecule has 1 fully saturated rings. The molecule has 3 atom stereocenters. The molecule has 0 bridgehead atoms. The van der Waals surface area contributed by atoms with E-state index in [0.717, 1.165) is 0 Å². The van der Waals surface area contributed by atoms with Gasteiger partial charge in [0.05, 0.1) is 29.7 Å². The molecule has 2 aliphatic rings. The lowest BCUT2D eigenvalue weighted by atomic mass is 10.2. The summed E-state index contributed by atoms with van der Waals surface area (Å²) < 4.78 is 0. The molecule has 0 aliphatic carbocycles. The minimum absolute atomic E-state index is 0.0109. The van der Waals surface area contributed by atoms with Crippen LogP contribution in [0.4, 0.5) is 0 Å². The molecule has 0 spiro atoms. The molecule has 8 heteroatoms. The van der Waals surface area contributed by atoms with Gasteiger partial charge in [-0.15, -0.1) is 11.8 Å². The summed E-state index contributed by atoms with van der Waals surface area (Å²) in [6, 6.07) is 0. The van der Waals surface area contributed by atoms with E-state index in [0.29, 0.717) is 12.2 Å². The highest BCUT2D eigenvalue weighted by molar-refractivity contribution is 8.00. The number of hydrogen-bond acceptors (Lipinski definition) is 8. The Labute approximate surface area is 103 Å². The SMILES string of the molecule is C=C1N=CN=CN1[C@H]1CC(O)[C@@H](CO)S1.N#N. The minimum Gasteiger partial charge on any atom is -0.395 e. The summed E-state index contributed by atoms with van der Waals surface area (Å²) in [5, 5.41) is 30.6. The van der Waals surface area contributed by atoms with E-state index in [9.17, 15) is 5.11 Å². The molecule has 2 heterocycles. The van der Waals surface area contributed by atoms with Crippen LogP contribution in [0, 0.1) is 10.8 Å². The predicted octanol–water partition coefficient (Wildman–Crippen LogP) is 0.0448. The monoisotopic (exact) mass is 255 g/mol. The summed E-state index contributed by atoms with van der Waals surface area (Å²) in [5.41, 5.74) is 0. The molecule has 17 heavy (non-hydrogen) atoms. The van der Waals surface area contributed by atoms with Crippen LogP contribution in [0.3, 0.4) is 0 Å². The zero-order valence-corrected chi connectivity index (χ0v) is 9.86. The first kappa shape index (κ1) is 13.6. The average Bonchev–Trinajstić information content (AvgIpc) is 2.73. The van der Waals surface area contributed by atoms with Crippen LogP contribution < -0.4 is 0 Å². The normalized spacial score (nSPS) is 31.2. The van der Waals surface area contributed by atoms with Gasteiger partial charge < -0.3 is 15.1 Å². The van der Waals surface area contributed by atoms with Gasteiger partial charge >= 0.3 is 0 Å². The van der Waals surface area contributed by atoms with E-state index in [4.69, 9.17) is 15.9 Å². The van der Waals surface area contributed by atoms with Crippen molar-refractivity contribution in [2.75, 3.05) is 6.61 Å². The molecule has 1 saturated heterocycles. The second kappa shape index (κ2) is 6.34. The standard InChI is InChI=1S/C9H13N3O2S.N2/c1-6-11-4-10-5-12(6)9-2-7(14)8(3-13)15-9;1-2/h4-5,7-9,13-14H,1-3H2;/t7?,8-,9-;/m1./s1. The van der Waals surface area contributed by atoms with Crippen molar-refractivity contribution in [2.45, 2.75) is 23.1 Å². The van der Waals surface area contributed by atoms with Crippen LogP contribution in [0.15, 0.2) is 22.4 Å². The van der Waals surface area contributed by atoms with E-state index >= 15 is 0 Å². The van der Waals surface area contributed by atoms with Crippen molar-refractivity contribution in [3.63, 3.8) is 0 Å². The zero-order valence-electron chi connectivity index (χ0n) is 9.05. The number of aliphatic hydroxyl groups is 2. The van der Waals surface area contributed by atoms with Crippen molar-refractivity contribution in [1.82, 2.24) is 4.90 Å². The van der Waals surface area contributed by atoms with E-state index in [-0.39, 0.29) is 17.2 Å². The van der Waals surface area contributed by atoms with Crippen LogP contribution in [0.25, 0.3) is 0 Å². The van der Waals surface area contributed by atoms with Gasteiger partial charge in [0, 0.05) is 17.2 Å². The van der Waals surface area contributed by atoms with Gasteiger partial charge in [-0.2, -0.15) is 0 Å². The Bertz CT molecular complexity index is 357. The number of hydrogen-bond donors (Lipinski definition) is 2.